The van der Waals surface area contributed by atoms with Crippen molar-refractivity contribution in [3.63, 3.8) is 0 Å². The van der Waals surface area contributed by atoms with E-state index >= 15 is 0 Å². The fourth-order valence-electron chi connectivity index (χ4n) is 2.54. The van der Waals surface area contributed by atoms with Gasteiger partial charge in [0.25, 0.3) is 11.8 Å². The van der Waals surface area contributed by atoms with Crippen molar-refractivity contribution in [2.24, 2.45) is 0 Å². The molecule has 0 radical (unpaired) electrons. The Labute approximate surface area is 178 Å². The zero-order valence-electron chi connectivity index (χ0n) is 15.9. The van der Waals surface area contributed by atoms with Gasteiger partial charge in [-0.25, -0.2) is 0 Å². The maximum atomic E-state index is 12.6. The molecule has 2 amide bonds. The van der Waals surface area contributed by atoms with Gasteiger partial charge >= 0.3 is 5.97 Å². The number of hydrogen-bond donors (Lipinski definition) is 3. The van der Waals surface area contributed by atoms with Gasteiger partial charge in [0.05, 0.1) is 0 Å². The molecule has 0 atom stereocenters. The van der Waals surface area contributed by atoms with Gasteiger partial charge in [0.1, 0.15) is 5.70 Å². The fourth-order valence-corrected chi connectivity index (χ4v) is 2.81. The molecular formula is C22H23BrN2O4. The maximum absolute atomic E-state index is 12.6. The van der Waals surface area contributed by atoms with Crippen molar-refractivity contribution in [2.45, 2.75) is 25.7 Å². The largest absolute Gasteiger partial charge is 0.481 e. The molecule has 0 heterocycles. The van der Waals surface area contributed by atoms with Gasteiger partial charge in [-0.15, -0.1) is 0 Å². The summed E-state index contributed by atoms with van der Waals surface area (Å²) in [5, 5.41) is 14.1. The van der Waals surface area contributed by atoms with Crippen molar-refractivity contribution < 1.29 is 19.5 Å². The van der Waals surface area contributed by atoms with E-state index < -0.39 is 11.9 Å². The molecule has 0 bridgehead atoms. The molecule has 29 heavy (non-hydrogen) atoms. The molecule has 3 N–H and O–H groups in total. The molecule has 6 nitrogen and oxygen atoms in total. The summed E-state index contributed by atoms with van der Waals surface area (Å²) in [6.07, 6.45) is 3.67. The van der Waals surface area contributed by atoms with Crippen LogP contribution in [0.3, 0.4) is 0 Å². The highest BCUT2D eigenvalue weighted by Gasteiger charge is 2.14. The Morgan fingerprint density at radius 2 is 1.62 bits per heavy atom. The number of benzene rings is 2. The lowest BCUT2D eigenvalue weighted by atomic mass is 10.1. The number of halogens is 1. The third kappa shape index (κ3) is 8.31. The van der Waals surface area contributed by atoms with Crippen LogP contribution in [0.2, 0.25) is 0 Å². The Kier molecular flexibility index (Phi) is 9.11. The van der Waals surface area contributed by atoms with E-state index in [2.05, 4.69) is 26.6 Å². The minimum absolute atomic E-state index is 0.121. The Hall–Kier alpha value is -2.93. The first-order chi connectivity index (χ1) is 14.0. The first-order valence-electron chi connectivity index (χ1n) is 9.29. The number of carboxylic acids is 1. The second kappa shape index (κ2) is 11.8. The monoisotopic (exact) mass is 458 g/mol. The van der Waals surface area contributed by atoms with Crippen LogP contribution in [0.5, 0.6) is 0 Å². The summed E-state index contributed by atoms with van der Waals surface area (Å²) < 4.78 is 0.912. The van der Waals surface area contributed by atoms with E-state index in [1.165, 1.54) is 0 Å². The third-order valence-corrected chi connectivity index (χ3v) is 4.59. The molecule has 7 heteroatoms. The molecule has 0 saturated carbocycles. The van der Waals surface area contributed by atoms with Gasteiger partial charge in [0.15, 0.2) is 0 Å². The summed E-state index contributed by atoms with van der Waals surface area (Å²) in [6.45, 7) is 0.400. The summed E-state index contributed by atoms with van der Waals surface area (Å²) >= 11 is 3.37. The van der Waals surface area contributed by atoms with Crippen molar-refractivity contribution in [1.29, 1.82) is 0 Å². The van der Waals surface area contributed by atoms with Crippen LogP contribution in [0.25, 0.3) is 6.08 Å². The van der Waals surface area contributed by atoms with Crippen LogP contribution in [0.4, 0.5) is 0 Å². The number of rotatable bonds is 10. The quantitative estimate of drug-likeness (QED) is 0.370. The van der Waals surface area contributed by atoms with E-state index in [4.69, 9.17) is 5.11 Å². The molecule has 152 valence electrons. The van der Waals surface area contributed by atoms with Gasteiger partial charge in [-0.3, -0.25) is 14.4 Å². The molecule has 0 aliphatic heterocycles. The van der Waals surface area contributed by atoms with Gasteiger partial charge in [-0.1, -0.05) is 52.7 Å². The minimum Gasteiger partial charge on any atom is -0.481 e. The van der Waals surface area contributed by atoms with E-state index in [1.54, 1.807) is 30.3 Å². The van der Waals surface area contributed by atoms with Crippen molar-refractivity contribution in [3.8, 4) is 0 Å². The lowest BCUT2D eigenvalue weighted by molar-refractivity contribution is -0.137. The van der Waals surface area contributed by atoms with Gasteiger partial charge in [0.2, 0.25) is 0 Å². The summed E-state index contributed by atoms with van der Waals surface area (Å²) in [4.78, 5) is 35.6. The number of aliphatic carboxylic acids is 1. The number of carbonyl (C=O) groups is 3. The molecular weight excluding hydrogens is 436 g/mol. The molecule has 0 saturated heterocycles. The van der Waals surface area contributed by atoms with E-state index in [-0.39, 0.29) is 18.0 Å². The zero-order chi connectivity index (χ0) is 21.1. The van der Waals surface area contributed by atoms with Crippen LogP contribution in [0.15, 0.2) is 64.8 Å². The first kappa shape index (κ1) is 22.4. The van der Waals surface area contributed by atoms with Gasteiger partial charge in [-0.05, 0) is 48.7 Å². The molecule has 0 fully saturated rings. The van der Waals surface area contributed by atoms with Gasteiger partial charge in [-0.2, -0.15) is 0 Å². The molecule has 2 aromatic carbocycles. The van der Waals surface area contributed by atoms with E-state index in [1.807, 2.05) is 30.3 Å². The first-order valence-corrected chi connectivity index (χ1v) is 10.1. The fraction of sp³-hybridized carbons (Fsp3) is 0.227. The van der Waals surface area contributed by atoms with Crippen LogP contribution in [-0.4, -0.2) is 29.4 Å². The van der Waals surface area contributed by atoms with Gasteiger partial charge in [0, 0.05) is 23.0 Å². The van der Waals surface area contributed by atoms with Crippen LogP contribution in [0.1, 0.15) is 41.6 Å². The van der Waals surface area contributed by atoms with Crippen molar-refractivity contribution in [1.82, 2.24) is 10.6 Å². The topological polar surface area (TPSA) is 95.5 Å². The second-order valence-corrected chi connectivity index (χ2v) is 7.31. The average molecular weight is 459 g/mol. The predicted octanol–water partition coefficient (Wildman–Crippen LogP) is 3.98. The summed E-state index contributed by atoms with van der Waals surface area (Å²) in [6, 6.07) is 16.0. The number of unbranched alkanes of at least 4 members (excludes halogenated alkanes) is 2. The molecule has 0 spiro atoms. The van der Waals surface area contributed by atoms with Crippen LogP contribution < -0.4 is 10.6 Å². The summed E-state index contributed by atoms with van der Waals surface area (Å²) in [5.41, 5.74) is 1.37. The molecule has 0 unspecified atom stereocenters. The van der Waals surface area contributed by atoms with E-state index in [0.717, 1.165) is 10.0 Å². The number of carboxylic acid groups (broad SMARTS) is 1. The van der Waals surface area contributed by atoms with Gasteiger partial charge < -0.3 is 15.7 Å². The van der Waals surface area contributed by atoms with Crippen LogP contribution >= 0.6 is 15.9 Å². The smallest absolute Gasteiger partial charge is 0.303 e. The number of hydrogen-bond acceptors (Lipinski definition) is 3. The molecule has 2 aromatic rings. The Morgan fingerprint density at radius 3 is 2.28 bits per heavy atom. The molecule has 0 aromatic heterocycles. The second-order valence-electron chi connectivity index (χ2n) is 6.39. The maximum Gasteiger partial charge on any atom is 0.303 e. The molecule has 0 aliphatic carbocycles. The summed E-state index contributed by atoms with van der Waals surface area (Å²) in [5.74, 6) is -1.58. The third-order valence-electron chi connectivity index (χ3n) is 4.06. The highest BCUT2D eigenvalue weighted by Crippen LogP contribution is 2.13. The van der Waals surface area contributed by atoms with Crippen molar-refractivity contribution in [3.05, 3.63) is 75.9 Å². The Balaban J connectivity index is 2.03. The van der Waals surface area contributed by atoms with E-state index in [0.29, 0.717) is 31.4 Å². The van der Waals surface area contributed by atoms with Crippen molar-refractivity contribution in [2.75, 3.05) is 6.54 Å². The van der Waals surface area contributed by atoms with Crippen LogP contribution in [-0.2, 0) is 9.59 Å². The average Bonchev–Trinajstić information content (AvgIpc) is 2.71. The van der Waals surface area contributed by atoms with Crippen LogP contribution in [0, 0.1) is 0 Å². The molecule has 2 rings (SSSR count). The Bertz CT molecular complexity index is 864. The predicted molar refractivity (Wildman–Crippen MR) is 115 cm³/mol. The standard InChI is InChI=1S/C22H23BrN2O4/c23-18-12-10-16(11-13-18)15-19(25-21(28)17-7-3-1-4-8-17)22(29)24-14-6-2-5-9-20(26)27/h1,3-4,7-8,10-13,15H,2,5-6,9,14H2,(H,24,29)(H,25,28)(H,26,27)/b19-15-. The van der Waals surface area contributed by atoms with E-state index in [9.17, 15) is 14.4 Å². The highest BCUT2D eigenvalue weighted by molar-refractivity contribution is 9.10. The SMILES string of the molecule is O=C(O)CCCCCNC(=O)/C(=C/c1ccc(Br)cc1)NC(=O)c1ccccc1. The zero-order valence-corrected chi connectivity index (χ0v) is 17.4. The minimum atomic E-state index is -0.822. The normalized spacial score (nSPS) is 11.0. The Morgan fingerprint density at radius 1 is 0.931 bits per heavy atom. The number of carbonyl (C=O) groups excluding carboxylic acids is 2. The number of nitrogens with one attached hydrogen (secondary N) is 2. The number of amides is 2. The lowest BCUT2D eigenvalue weighted by Gasteiger charge is -2.11. The highest BCUT2D eigenvalue weighted by atomic mass is 79.9. The lowest BCUT2D eigenvalue weighted by Crippen LogP contribution is -2.35. The summed E-state index contributed by atoms with van der Waals surface area (Å²) in [7, 11) is 0. The molecule has 0 aliphatic rings. The van der Waals surface area contributed by atoms with Crippen molar-refractivity contribution >= 4 is 39.8 Å².